The first-order valence-electron chi connectivity index (χ1n) is 6.57. The summed E-state index contributed by atoms with van der Waals surface area (Å²) in [4.78, 5) is 4.67. The van der Waals surface area contributed by atoms with Crippen LogP contribution in [0.25, 0.3) is 10.9 Å². The number of alkyl halides is 1. The van der Waals surface area contributed by atoms with E-state index in [0.717, 1.165) is 25.7 Å². The predicted octanol–water partition coefficient (Wildman–Crippen LogP) is 6.02. The van der Waals surface area contributed by atoms with Crippen molar-refractivity contribution in [2.24, 2.45) is 0 Å². The summed E-state index contributed by atoms with van der Waals surface area (Å²) in [6.45, 7) is 0. The van der Waals surface area contributed by atoms with Crippen molar-refractivity contribution in [2.45, 2.75) is 11.8 Å². The maximum absolute atomic E-state index is 6.57. The zero-order chi connectivity index (χ0) is 14.8. The minimum Gasteiger partial charge on any atom is -0.253 e. The Kier molecular flexibility index (Phi) is 4.67. The van der Waals surface area contributed by atoms with Crippen molar-refractivity contribution in [2.75, 3.05) is 0 Å². The van der Waals surface area contributed by atoms with Gasteiger partial charge in [-0.1, -0.05) is 35.9 Å². The van der Waals surface area contributed by atoms with Gasteiger partial charge in [-0.2, -0.15) is 0 Å². The second kappa shape index (κ2) is 6.51. The maximum Gasteiger partial charge on any atom is 0.0705 e. The first-order valence-corrected chi connectivity index (χ1v) is 8.46. The Labute approximate surface area is 147 Å². The normalized spacial score (nSPS) is 12.5. The van der Waals surface area contributed by atoms with Crippen molar-refractivity contribution in [1.29, 1.82) is 0 Å². The number of rotatable bonds is 3. The first-order chi connectivity index (χ1) is 10.1. The summed E-state index contributed by atoms with van der Waals surface area (Å²) in [5.41, 5.74) is 3.05. The fraction of sp³-hybridized carbons (Fsp3) is 0.118. The summed E-state index contributed by atoms with van der Waals surface area (Å²) >= 11 is 14.9. The number of nitrogens with zero attached hydrogens (tertiary/aromatic N) is 1. The zero-order valence-corrected chi connectivity index (χ0v) is 14.7. The van der Waals surface area contributed by atoms with Gasteiger partial charge in [0.1, 0.15) is 0 Å². The molecular formula is C17H12Cl2IN. The van der Waals surface area contributed by atoms with E-state index in [0.29, 0.717) is 11.4 Å². The van der Waals surface area contributed by atoms with Crippen molar-refractivity contribution >= 4 is 56.7 Å². The molecule has 3 aromatic rings. The summed E-state index contributed by atoms with van der Waals surface area (Å²) in [5, 5.41) is 1.72. The maximum atomic E-state index is 6.57. The van der Waals surface area contributed by atoms with Crippen molar-refractivity contribution in [3.05, 3.63) is 74.4 Å². The van der Waals surface area contributed by atoms with E-state index in [1.807, 2.05) is 42.5 Å². The lowest BCUT2D eigenvalue weighted by Crippen LogP contribution is -2.00. The van der Waals surface area contributed by atoms with Gasteiger partial charge in [-0.05, 0) is 58.5 Å². The number of benzene rings is 2. The monoisotopic (exact) mass is 427 g/mol. The van der Waals surface area contributed by atoms with Gasteiger partial charge in [-0.25, -0.2) is 0 Å². The molecule has 1 aromatic heterocycles. The molecule has 0 bridgehead atoms. The van der Waals surface area contributed by atoms with Gasteiger partial charge in [-0.15, -0.1) is 11.6 Å². The molecule has 2 aromatic carbocycles. The standard InChI is InChI=1S/C17H12Cl2IN/c18-12-6-8-16(20)14(9-12)15(19)10-13-7-5-11-3-1-2-4-17(11)21-13/h1-9,15H,10H2. The van der Waals surface area contributed by atoms with E-state index in [1.54, 1.807) is 0 Å². The van der Waals surface area contributed by atoms with Crippen molar-refractivity contribution in [3.63, 3.8) is 0 Å². The van der Waals surface area contributed by atoms with Gasteiger partial charge in [0.2, 0.25) is 0 Å². The molecule has 0 aliphatic carbocycles. The number of halogens is 3. The fourth-order valence-electron chi connectivity index (χ4n) is 2.27. The molecule has 0 saturated carbocycles. The number of hydrogen-bond donors (Lipinski definition) is 0. The van der Waals surface area contributed by atoms with Crippen LogP contribution < -0.4 is 0 Å². The second-order valence-electron chi connectivity index (χ2n) is 4.83. The topological polar surface area (TPSA) is 12.9 Å². The molecule has 0 fully saturated rings. The van der Waals surface area contributed by atoms with Crippen molar-refractivity contribution in [1.82, 2.24) is 4.98 Å². The van der Waals surface area contributed by atoms with Gasteiger partial charge >= 0.3 is 0 Å². The highest BCUT2D eigenvalue weighted by molar-refractivity contribution is 14.1. The molecule has 0 radical (unpaired) electrons. The molecule has 0 amide bonds. The summed E-state index contributed by atoms with van der Waals surface area (Å²) in [5.74, 6) is 0. The summed E-state index contributed by atoms with van der Waals surface area (Å²) in [7, 11) is 0. The Morgan fingerprint density at radius 1 is 1.05 bits per heavy atom. The molecular weight excluding hydrogens is 416 g/mol. The lowest BCUT2D eigenvalue weighted by molar-refractivity contribution is 0.883. The number of aromatic nitrogens is 1. The smallest absolute Gasteiger partial charge is 0.0705 e. The highest BCUT2D eigenvalue weighted by atomic mass is 127. The molecule has 1 atom stereocenters. The van der Waals surface area contributed by atoms with E-state index in [4.69, 9.17) is 23.2 Å². The van der Waals surface area contributed by atoms with Gasteiger partial charge in [0.25, 0.3) is 0 Å². The zero-order valence-electron chi connectivity index (χ0n) is 11.1. The molecule has 0 spiro atoms. The van der Waals surface area contributed by atoms with E-state index < -0.39 is 0 Å². The van der Waals surface area contributed by atoms with Crippen molar-refractivity contribution in [3.8, 4) is 0 Å². The van der Waals surface area contributed by atoms with E-state index in [9.17, 15) is 0 Å². The molecule has 0 aliphatic rings. The third-order valence-electron chi connectivity index (χ3n) is 3.34. The van der Waals surface area contributed by atoms with Crippen LogP contribution in [0.15, 0.2) is 54.6 Å². The number of hydrogen-bond acceptors (Lipinski definition) is 1. The molecule has 106 valence electrons. The van der Waals surface area contributed by atoms with Crippen LogP contribution in [0.5, 0.6) is 0 Å². The Hall–Kier alpha value is -0.840. The Balaban J connectivity index is 1.88. The minimum absolute atomic E-state index is 0.135. The van der Waals surface area contributed by atoms with Crippen molar-refractivity contribution < 1.29 is 0 Å². The van der Waals surface area contributed by atoms with Crippen LogP contribution in [-0.2, 0) is 6.42 Å². The average molecular weight is 428 g/mol. The molecule has 0 saturated heterocycles. The summed E-state index contributed by atoms with van der Waals surface area (Å²) in [6, 6.07) is 18.0. The van der Waals surface area contributed by atoms with Crippen LogP contribution in [-0.4, -0.2) is 4.98 Å². The van der Waals surface area contributed by atoms with Crippen LogP contribution in [0.3, 0.4) is 0 Å². The third kappa shape index (κ3) is 3.50. The van der Waals surface area contributed by atoms with Gasteiger partial charge in [0.05, 0.1) is 10.9 Å². The van der Waals surface area contributed by atoms with Crippen LogP contribution in [0.2, 0.25) is 5.02 Å². The average Bonchev–Trinajstić information content (AvgIpc) is 2.49. The molecule has 21 heavy (non-hydrogen) atoms. The lowest BCUT2D eigenvalue weighted by Gasteiger charge is -2.12. The predicted molar refractivity (Wildman–Crippen MR) is 98.2 cm³/mol. The molecule has 4 heteroatoms. The highest BCUT2D eigenvalue weighted by Gasteiger charge is 2.14. The molecule has 1 heterocycles. The van der Waals surface area contributed by atoms with E-state index in [1.165, 1.54) is 0 Å². The highest BCUT2D eigenvalue weighted by Crippen LogP contribution is 2.31. The van der Waals surface area contributed by atoms with E-state index >= 15 is 0 Å². The van der Waals surface area contributed by atoms with Gasteiger partial charge < -0.3 is 0 Å². The lowest BCUT2D eigenvalue weighted by atomic mass is 10.1. The quantitative estimate of drug-likeness (QED) is 0.368. The van der Waals surface area contributed by atoms with Gasteiger partial charge in [0.15, 0.2) is 0 Å². The van der Waals surface area contributed by atoms with Crippen LogP contribution in [0, 0.1) is 3.57 Å². The SMILES string of the molecule is Clc1ccc(I)c(C(Cl)Cc2ccc3ccccc3n2)c1. The van der Waals surface area contributed by atoms with Crippen LogP contribution >= 0.6 is 45.8 Å². The fourth-order valence-corrected chi connectivity index (χ4v) is 3.68. The molecule has 0 N–H and O–H groups in total. The van der Waals surface area contributed by atoms with E-state index in [2.05, 4.69) is 39.7 Å². The minimum atomic E-state index is -0.135. The Morgan fingerprint density at radius 3 is 2.71 bits per heavy atom. The molecule has 3 rings (SSSR count). The largest absolute Gasteiger partial charge is 0.253 e. The van der Waals surface area contributed by atoms with Gasteiger partial charge in [0, 0.05) is 26.1 Å². The Bertz CT molecular complexity index is 789. The van der Waals surface area contributed by atoms with E-state index in [-0.39, 0.29) is 5.38 Å². The van der Waals surface area contributed by atoms with Crippen LogP contribution in [0.1, 0.15) is 16.6 Å². The molecule has 0 aliphatic heterocycles. The number of fused-ring (bicyclic) bond motifs is 1. The number of para-hydroxylation sites is 1. The molecule has 1 nitrogen and oxygen atoms in total. The summed E-state index contributed by atoms with van der Waals surface area (Å²) in [6.07, 6.45) is 0.683. The third-order valence-corrected chi connectivity index (χ3v) is 4.95. The second-order valence-corrected chi connectivity index (χ2v) is 6.96. The summed E-state index contributed by atoms with van der Waals surface area (Å²) < 4.78 is 1.12. The van der Waals surface area contributed by atoms with Crippen LogP contribution in [0.4, 0.5) is 0 Å². The van der Waals surface area contributed by atoms with Gasteiger partial charge in [-0.3, -0.25) is 4.98 Å². The molecule has 1 unspecified atom stereocenters. The number of pyridine rings is 1. The Morgan fingerprint density at radius 2 is 1.86 bits per heavy atom. The first kappa shape index (κ1) is 15.1.